The Kier molecular flexibility index (Phi) is 5.07. The van der Waals surface area contributed by atoms with Crippen LogP contribution in [0.4, 0.5) is 13.8 Å². The summed E-state index contributed by atoms with van der Waals surface area (Å²) in [5.74, 6) is -4.43. The second-order valence-electron chi connectivity index (χ2n) is 8.80. The molecule has 3 aliphatic rings. The first-order chi connectivity index (χ1) is 14.8. The zero-order valence-electron chi connectivity index (χ0n) is 16.8. The summed E-state index contributed by atoms with van der Waals surface area (Å²) in [6, 6.07) is 0. The summed E-state index contributed by atoms with van der Waals surface area (Å²) in [5, 5.41) is 16.8. The van der Waals surface area contributed by atoms with E-state index < -0.39 is 23.7 Å². The van der Waals surface area contributed by atoms with Crippen LogP contribution in [0.2, 0.25) is 0 Å². The fraction of sp³-hybridized carbons (Fsp3) is 0.619. The monoisotopic (exact) mass is 451 g/mol. The van der Waals surface area contributed by atoms with E-state index in [9.17, 15) is 23.5 Å². The minimum Gasteiger partial charge on any atom is -0.481 e. The third-order valence-electron chi connectivity index (χ3n) is 6.51. The van der Waals surface area contributed by atoms with Crippen molar-refractivity contribution in [2.24, 2.45) is 11.8 Å². The highest BCUT2D eigenvalue weighted by Gasteiger charge is 2.41. The maximum absolute atomic E-state index is 14.0. The number of fused-ring (bicyclic) bond motifs is 1. The van der Waals surface area contributed by atoms with Crippen LogP contribution in [0.25, 0.3) is 11.5 Å². The van der Waals surface area contributed by atoms with Gasteiger partial charge in [-0.25, -0.2) is 8.78 Å². The molecule has 0 aliphatic heterocycles. The van der Waals surface area contributed by atoms with E-state index in [1.54, 1.807) is 0 Å². The number of thiophene rings is 1. The number of anilines is 1. The Hall–Kier alpha value is -2.36. The highest BCUT2D eigenvalue weighted by atomic mass is 32.1. The van der Waals surface area contributed by atoms with E-state index in [1.807, 2.05) is 0 Å². The molecule has 10 heteroatoms. The molecule has 0 bridgehead atoms. The first-order valence-electron chi connectivity index (χ1n) is 10.7. The van der Waals surface area contributed by atoms with E-state index >= 15 is 0 Å². The van der Waals surface area contributed by atoms with Crippen LogP contribution >= 0.6 is 11.3 Å². The number of aliphatic carboxylic acids is 1. The first kappa shape index (κ1) is 20.5. The molecule has 0 aromatic carbocycles. The van der Waals surface area contributed by atoms with Gasteiger partial charge in [0.15, 0.2) is 5.82 Å². The second-order valence-corrected chi connectivity index (χ2v) is 9.90. The zero-order valence-corrected chi connectivity index (χ0v) is 17.6. The Morgan fingerprint density at radius 1 is 1.16 bits per heavy atom. The van der Waals surface area contributed by atoms with E-state index in [-0.39, 0.29) is 37.0 Å². The molecular formula is C21H23F2N3O4S. The topological polar surface area (TPSA) is 105 Å². The fourth-order valence-corrected chi connectivity index (χ4v) is 5.97. The van der Waals surface area contributed by atoms with Gasteiger partial charge in [-0.2, -0.15) is 4.98 Å². The summed E-state index contributed by atoms with van der Waals surface area (Å²) in [7, 11) is 0. The van der Waals surface area contributed by atoms with Gasteiger partial charge in [0.2, 0.25) is 5.91 Å². The molecule has 2 aromatic rings. The smallest absolute Gasteiger partial charge is 0.307 e. The molecule has 2 N–H and O–H groups in total. The van der Waals surface area contributed by atoms with Gasteiger partial charge in [-0.3, -0.25) is 9.59 Å². The van der Waals surface area contributed by atoms with Crippen LogP contribution in [-0.2, 0) is 22.4 Å². The number of amides is 1. The first-order valence-corrected chi connectivity index (χ1v) is 11.5. The van der Waals surface area contributed by atoms with Gasteiger partial charge in [-0.1, -0.05) is 18.0 Å². The number of aromatic nitrogens is 2. The number of hydrogen-bond acceptors (Lipinski definition) is 6. The predicted octanol–water partition coefficient (Wildman–Crippen LogP) is 4.63. The third-order valence-corrected chi connectivity index (χ3v) is 7.65. The van der Waals surface area contributed by atoms with Crippen molar-refractivity contribution in [2.45, 2.75) is 69.6 Å². The highest BCUT2D eigenvalue weighted by Crippen LogP contribution is 2.48. The molecule has 7 nitrogen and oxygen atoms in total. The number of carboxylic acids is 1. The van der Waals surface area contributed by atoms with Gasteiger partial charge >= 0.3 is 5.97 Å². The lowest BCUT2D eigenvalue weighted by Gasteiger charge is -2.27. The van der Waals surface area contributed by atoms with E-state index in [0.717, 1.165) is 42.6 Å². The molecule has 0 saturated heterocycles. The molecule has 0 spiro atoms. The van der Waals surface area contributed by atoms with Gasteiger partial charge in [0.05, 0.1) is 17.4 Å². The van der Waals surface area contributed by atoms with Crippen molar-refractivity contribution in [1.29, 1.82) is 0 Å². The Morgan fingerprint density at radius 3 is 2.61 bits per heavy atom. The van der Waals surface area contributed by atoms with Crippen LogP contribution in [0.3, 0.4) is 0 Å². The number of hydrogen-bond donors (Lipinski definition) is 2. The van der Waals surface area contributed by atoms with Crippen LogP contribution in [0, 0.1) is 11.8 Å². The highest BCUT2D eigenvalue weighted by molar-refractivity contribution is 7.17. The van der Waals surface area contributed by atoms with Crippen molar-refractivity contribution < 1.29 is 28.0 Å². The molecule has 2 saturated carbocycles. The van der Waals surface area contributed by atoms with Crippen LogP contribution < -0.4 is 5.32 Å². The lowest BCUT2D eigenvalue weighted by Crippen LogP contribution is -2.36. The van der Waals surface area contributed by atoms with Gasteiger partial charge in [0.25, 0.3) is 11.8 Å². The number of nitrogens with zero attached hydrogens (tertiary/aromatic N) is 2. The number of halogens is 2. The van der Waals surface area contributed by atoms with Crippen molar-refractivity contribution >= 4 is 28.2 Å². The summed E-state index contributed by atoms with van der Waals surface area (Å²) >= 11 is 1.11. The molecule has 2 fully saturated rings. The van der Waals surface area contributed by atoms with E-state index in [4.69, 9.17) is 4.52 Å². The van der Waals surface area contributed by atoms with Gasteiger partial charge < -0.3 is 14.9 Å². The average molecular weight is 451 g/mol. The maximum atomic E-state index is 14.0. The van der Waals surface area contributed by atoms with E-state index in [2.05, 4.69) is 15.5 Å². The SMILES string of the molecule is O=C(O)C1CCCCC1C(=O)Nc1sc2c(c1-c1nc(C3CC3)no1)CCC(F)(F)C2. The summed E-state index contributed by atoms with van der Waals surface area (Å²) < 4.78 is 33.5. The Labute approximate surface area is 181 Å². The molecule has 5 rings (SSSR count). The molecule has 3 aliphatic carbocycles. The lowest BCUT2D eigenvalue weighted by molar-refractivity contribution is -0.147. The minimum atomic E-state index is -2.79. The predicted molar refractivity (Wildman–Crippen MR) is 108 cm³/mol. The van der Waals surface area contributed by atoms with Gasteiger partial charge in [-0.15, -0.1) is 11.3 Å². The van der Waals surface area contributed by atoms with Crippen molar-refractivity contribution in [3.63, 3.8) is 0 Å². The zero-order chi connectivity index (χ0) is 21.8. The van der Waals surface area contributed by atoms with Crippen molar-refractivity contribution in [1.82, 2.24) is 10.1 Å². The fourth-order valence-electron chi connectivity index (χ4n) is 4.65. The Balaban J connectivity index is 1.49. The number of carbonyl (C=O) groups excluding carboxylic acids is 1. The molecule has 31 heavy (non-hydrogen) atoms. The summed E-state index contributed by atoms with van der Waals surface area (Å²) in [6.45, 7) is 0. The maximum Gasteiger partial charge on any atom is 0.307 e. The number of carbonyl (C=O) groups is 2. The van der Waals surface area contributed by atoms with E-state index in [0.29, 0.717) is 34.1 Å². The Morgan fingerprint density at radius 2 is 1.90 bits per heavy atom. The molecule has 2 unspecified atom stereocenters. The van der Waals surface area contributed by atoms with Crippen molar-refractivity contribution in [3.8, 4) is 11.5 Å². The number of rotatable bonds is 5. The number of alkyl halides is 2. The number of nitrogens with one attached hydrogen (secondary N) is 1. The molecule has 166 valence electrons. The van der Waals surface area contributed by atoms with Gasteiger partial charge in [-0.05, 0) is 37.7 Å². The van der Waals surface area contributed by atoms with Gasteiger partial charge in [0.1, 0.15) is 5.00 Å². The summed E-state index contributed by atoms with van der Waals surface area (Å²) in [4.78, 5) is 29.7. The van der Waals surface area contributed by atoms with Crippen LogP contribution in [0.1, 0.15) is 67.1 Å². The van der Waals surface area contributed by atoms with Crippen LogP contribution in [0.5, 0.6) is 0 Å². The summed E-state index contributed by atoms with van der Waals surface area (Å²) in [6.07, 6.45) is 4.01. The third kappa shape index (κ3) is 3.97. The molecule has 0 radical (unpaired) electrons. The largest absolute Gasteiger partial charge is 0.481 e. The normalized spacial score (nSPS) is 25.1. The average Bonchev–Trinajstić information content (AvgIpc) is 3.36. The lowest BCUT2D eigenvalue weighted by atomic mass is 9.78. The van der Waals surface area contributed by atoms with Crippen molar-refractivity contribution in [3.05, 3.63) is 16.3 Å². The quantitative estimate of drug-likeness (QED) is 0.687. The molecule has 2 atom stereocenters. The Bertz CT molecular complexity index is 1030. The van der Waals surface area contributed by atoms with Crippen LogP contribution in [0.15, 0.2) is 4.52 Å². The second kappa shape index (κ2) is 7.65. The molecule has 1 amide bonds. The van der Waals surface area contributed by atoms with Crippen molar-refractivity contribution in [2.75, 3.05) is 5.32 Å². The summed E-state index contributed by atoms with van der Waals surface area (Å²) in [5.41, 5.74) is 1.24. The van der Waals surface area contributed by atoms with Gasteiger partial charge in [0, 0.05) is 23.6 Å². The minimum absolute atomic E-state index is 0.159. The standard InChI is InChI=1S/C21H23F2N3O4S/c22-21(23)8-7-13-14(9-21)31-19(15(13)18-24-16(26-30-18)10-5-6-10)25-17(27)11-3-1-2-4-12(11)20(28)29/h10-12H,1-9H2,(H,25,27)(H,28,29). The van der Waals surface area contributed by atoms with E-state index in [1.165, 1.54) is 0 Å². The molecule has 2 aromatic heterocycles. The molecular weight excluding hydrogens is 428 g/mol. The van der Waals surface area contributed by atoms with Crippen LogP contribution in [-0.4, -0.2) is 33.0 Å². The molecule has 2 heterocycles. The number of carboxylic acid groups (broad SMARTS) is 1.